The zero-order chi connectivity index (χ0) is 14.8. The van der Waals surface area contributed by atoms with Crippen molar-refractivity contribution in [2.75, 3.05) is 4.72 Å². The number of H-pyrrole nitrogens is 1. The molecule has 0 aromatic carbocycles. The number of sulfonamides is 1. The van der Waals surface area contributed by atoms with Gasteiger partial charge >= 0.3 is 5.97 Å². The number of carbonyl (C=O) groups is 1. The zero-order valence-electron chi connectivity index (χ0n) is 9.85. The summed E-state index contributed by atoms with van der Waals surface area (Å²) in [5.74, 6) is -1.22. The molecule has 0 amide bonds. The Morgan fingerprint density at radius 2 is 2.20 bits per heavy atom. The molecule has 10 nitrogen and oxygen atoms in total. The summed E-state index contributed by atoms with van der Waals surface area (Å²) in [7, 11) is -3.95. The second-order valence-electron chi connectivity index (χ2n) is 3.68. The molecule has 0 unspecified atom stereocenters. The van der Waals surface area contributed by atoms with Crippen LogP contribution < -0.4 is 10.3 Å². The minimum Gasteiger partial charge on any atom is -0.480 e. The number of nitrogens with zero attached hydrogens (tertiary/aromatic N) is 3. The Morgan fingerprint density at radius 1 is 1.45 bits per heavy atom. The maximum Gasteiger partial charge on any atom is 0.325 e. The molecule has 3 N–H and O–H groups in total. The minimum absolute atomic E-state index is 0.0735. The summed E-state index contributed by atoms with van der Waals surface area (Å²) in [4.78, 5) is 21.1. The van der Waals surface area contributed by atoms with E-state index >= 15 is 0 Å². The van der Waals surface area contributed by atoms with E-state index in [1.54, 1.807) is 0 Å². The summed E-state index contributed by atoms with van der Waals surface area (Å²) < 4.78 is 27.0. The van der Waals surface area contributed by atoms with E-state index in [4.69, 9.17) is 5.11 Å². The zero-order valence-corrected chi connectivity index (χ0v) is 10.7. The van der Waals surface area contributed by atoms with Crippen molar-refractivity contribution in [3.05, 3.63) is 34.9 Å². The molecule has 0 fully saturated rings. The van der Waals surface area contributed by atoms with Gasteiger partial charge in [-0.3, -0.25) is 19.0 Å². The molecule has 2 aromatic rings. The first kappa shape index (κ1) is 13.7. The van der Waals surface area contributed by atoms with Gasteiger partial charge in [-0.25, -0.2) is 13.5 Å². The first-order chi connectivity index (χ1) is 9.37. The van der Waals surface area contributed by atoms with Crippen molar-refractivity contribution < 1.29 is 18.3 Å². The van der Waals surface area contributed by atoms with Crippen molar-refractivity contribution in [1.82, 2.24) is 20.0 Å². The van der Waals surface area contributed by atoms with Crippen molar-refractivity contribution in [2.24, 2.45) is 0 Å². The number of hydrogen-bond donors (Lipinski definition) is 3. The van der Waals surface area contributed by atoms with Gasteiger partial charge in [0.2, 0.25) is 0 Å². The molecular formula is C9H9N5O5S. The van der Waals surface area contributed by atoms with E-state index in [1.807, 2.05) is 0 Å². The average Bonchev–Trinajstić information content (AvgIpc) is 2.80. The Kier molecular flexibility index (Phi) is 3.52. The molecule has 0 saturated carbocycles. The van der Waals surface area contributed by atoms with Gasteiger partial charge in [0.15, 0.2) is 5.82 Å². The molecular weight excluding hydrogens is 290 g/mol. The van der Waals surface area contributed by atoms with Crippen LogP contribution in [0.4, 0.5) is 5.82 Å². The van der Waals surface area contributed by atoms with E-state index in [-0.39, 0.29) is 10.7 Å². The molecule has 2 rings (SSSR count). The number of anilines is 1. The minimum atomic E-state index is -3.95. The van der Waals surface area contributed by atoms with Crippen molar-refractivity contribution in [3.8, 4) is 0 Å². The van der Waals surface area contributed by atoms with Crippen molar-refractivity contribution in [1.29, 1.82) is 0 Å². The van der Waals surface area contributed by atoms with Crippen LogP contribution >= 0.6 is 0 Å². The number of aromatic nitrogens is 4. The van der Waals surface area contributed by atoms with E-state index in [0.717, 1.165) is 23.1 Å². The summed E-state index contributed by atoms with van der Waals surface area (Å²) in [6, 6.07) is 2.30. The highest BCUT2D eigenvalue weighted by atomic mass is 32.2. The van der Waals surface area contributed by atoms with Gasteiger partial charge in [-0.2, -0.15) is 10.2 Å². The molecule has 0 bridgehead atoms. The molecule has 0 atom stereocenters. The topological polar surface area (TPSA) is 147 Å². The summed E-state index contributed by atoms with van der Waals surface area (Å²) in [5, 5.41) is 17.8. The summed E-state index contributed by atoms with van der Waals surface area (Å²) >= 11 is 0. The van der Waals surface area contributed by atoms with Crippen LogP contribution in [0.2, 0.25) is 0 Å². The lowest BCUT2D eigenvalue weighted by atomic mass is 10.5. The summed E-state index contributed by atoms with van der Waals surface area (Å²) in [6.45, 7) is -0.452. The number of aromatic amines is 1. The monoisotopic (exact) mass is 299 g/mol. The lowest BCUT2D eigenvalue weighted by Gasteiger charge is -2.03. The van der Waals surface area contributed by atoms with Gasteiger partial charge in [-0.05, 0) is 6.07 Å². The van der Waals surface area contributed by atoms with Crippen LogP contribution in [0.15, 0.2) is 34.2 Å². The molecule has 2 heterocycles. The van der Waals surface area contributed by atoms with Crippen LogP contribution in [0.1, 0.15) is 0 Å². The molecule has 11 heteroatoms. The molecule has 2 aromatic heterocycles. The number of nitrogens with one attached hydrogen (secondary N) is 2. The molecule has 0 aliphatic heterocycles. The van der Waals surface area contributed by atoms with Crippen LogP contribution in [0.25, 0.3) is 0 Å². The van der Waals surface area contributed by atoms with E-state index in [1.165, 1.54) is 6.07 Å². The van der Waals surface area contributed by atoms with Crippen LogP contribution in [-0.4, -0.2) is 39.5 Å². The lowest BCUT2D eigenvalue weighted by Crippen LogP contribution is -2.16. The largest absolute Gasteiger partial charge is 0.480 e. The molecule has 0 radical (unpaired) electrons. The highest BCUT2D eigenvalue weighted by Gasteiger charge is 2.18. The standard InChI is InChI=1S/C9H9N5O5S/c15-8-2-1-7(11-12-8)13-20(18,19)6-3-10-14(4-6)5-9(16)17/h1-4H,5H2,(H,11,13)(H,12,15)(H,16,17). The number of aliphatic carboxylic acids is 1. The SMILES string of the molecule is O=C(O)Cn1cc(S(=O)(=O)Nc2ccc(=O)[nH]n2)cn1. The Labute approximate surface area is 112 Å². The normalized spacial score (nSPS) is 11.2. The van der Waals surface area contributed by atoms with Crippen LogP contribution in [0.5, 0.6) is 0 Å². The fraction of sp³-hybridized carbons (Fsp3) is 0.111. The highest BCUT2D eigenvalue weighted by molar-refractivity contribution is 7.92. The predicted molar refractivity (Wildman–Crippen MR) is 65.5 cm³/mol. The van der Waals surface area contributed by atoms with Gasteiger partial charge in [0.25, 0.3) is 15.6 Å². The fourth-order valence-corrected chi connectivity index (χ4v) is 2.26. The number of rotatable bonds is 5. The third kappa shape index (κ3) is 3.20. The smallest absolute Gasteiger partial charge is 0.325 e. The summed E-state index contributed by atoms with van der Waals surface area (Å²) in [5.41, 5.74) is -0.470. The highest BCUT2D eigenvalue weighted by Crippen LogP contribution is 2.11. The molecule has 20 heavy (non-hydrogen) atoms. The maximum absolute atomic E-state index is 11.9. The van der Waals surface area contributed by atoms with Gasteiger partial charge in [-0.15, -0.1) is 0 Å². The second-order valence-corrected chi connectivity index (χ2v) is 5.36. The number of carboxylic acid groups (broad SMARTS) is 1. The van der Waals surface area contributed by atoms with Gasteiger partial charge in [0.1, 0.15) is 11.4 Å². The number of hydrogen-bond acceptors (Lipinski definition) is 6. The third-order valence-corrected chi connectivity index (χ3v) is 3.44. The lowest BCUT2D eigenvalue weighted by molar-refractivity contribution is -0.137. The molecule has 0 saturated heterocycles. The Morgan fingerprint density at radius 3 is 2.80 bits per heavy atom. The van der Waals surface area contributed by atoms with Gasteiger partial charge in [0.05, 0.1) is 6.20 Å². The van der Waals surface area contributed by atoms with Crippen LogP contribution in [0.3, 0.4) is 0 Å². The van der Waals surface area contributed by atoms with E-state index in [0.29, 0.717) is 0 Å². The van der Waals surface area contributed by atoms with E-state index < -0.39 is 28.1 Å². The van der Waals surface area contributed by atoms with Crippen molar-refractivity contribution in [3.63, 3.8) is 0 Å². The number of carboxylic acids is 1. The first-order valence-electron chi connectivity index (χ1n) is 5.19. The third-order valence-electron chi connectivity index (χ3n) is 2.14. The Hall–Kier alpha value is -2.69. The van der Waals surface area contributed by atoms with Crippen molar-refractivity contribution in [2.45, 2.75) is 11.4 Å². The average molecular weight is 299 g/mol. The molecule has 106 valence electrons. The Bertz CT molecular complexity index is 773. The second kappa shape index (κ2) is 5.13. The predicted octanol–water partition coefficient (Wildman–Crippen LogP) is -1.15. The summed E-state index contributed by atoms with van der Waals surface area (Å²) in [6.07, 6.45) is 2.08. The Balaban J connectivity index is 2.21. The van der Waals surface area contributed by atoms with E-state index in [2.05, 4.69) is 20.0 Å². The maximum atomic E-state index is 11.9. The first-order valence-corrected chi connectivity index (χ1v) is 6.68. The van der Waals surface area contributed by atoms with E-state index in [9.17, 15) is 18.0 Å². The van der Waals surface area contributed by atoms with Gasteiger partial charge in [-0.1, -0.05) is 0 Å². The van der Waals surface area contributed by atoms with Gasteiger partial charge in [0, 0.05) is 12.3 Å². The molecule has 0 aliphatic carbocycles. The molecule has 0 aliphatic rings. The van der Waals surface area contributed by atoms with Crippen LogP contribution in [0, 0.1) is 0 Å². The van der Waals surface area contributed by atoms with Crippen LogP contribution in [-0.2, 0) is 21.4 Å². The quantitative estimate of drug-likeness (QED) is 0.631. The molecule has 0 spiro atoms. The van der Waals surface area contributed by atoms with Crippen molar-refractivity contribution >= 4 is 21.8 Å². The van der Waals surface area contributed by atoms with Gasteiger partial charge < -0.3 is 5.11 Å². The fourth-order valence-electron chi connectivity index (χ4n) is 1.31.